The summed E-state index contributed by atoms with van der Waals surface area (Å²) < 4.78 is 25.6. The zero-order chi connectivity index (χ0) is 12.3. The standard InChI is InChI=1S/C15H14F2/c1-11-10-15(17)9-6-13(11)5-2-12-3-7-14(16)8-4-12/h3-4,6-10H,2,5H2,1H3. The van der Waals surface area contributed by atoms with Gasteiger partial charge in [0.2, 0.25) is 0 Å². The minimum atomic E-state index is -0.216. The highest BCUT2D eigenvalue weighted by atomic mass is 19.1. The first-order valence-electron chi connectivity index (χ1n) is 5.64. The van der Waals surface area contributed by atoms with Gasteiger partial charge >= 0.3 is 0 Å². The molecule has 0 nitrogen and oxygen atoms in total. The predicted octanol–water partition coefficient (Wildman–Crippen LogP) is 4.06. The quantitative estimate of drug-likeness (QED) is 0.748. The van der Waals surface area contributed by atoms with Gasteiger partial charge in [0, 0.05) is 0 Å². The minimum absolute atomic E-state index is 0.201. The zero-order valence-corrected chi connectivity index (χ0v) is 9.71. The Morgan fingerprint density at radius 3 is 2.12 bits per heavy atom. The topological polar surface area (TPSA) is 0 Å². The lowest BCUT2D eigenvalue weighted by Crippen LogP contribution is -1.95. The van der Waals surface area contributed by atoms with Crippen molar-refractivity contribution in [3.05, 3.63) is 70.8 Å². The van der Waals surface area contributed by atoms with E-state index < -0.39 is 0 Å². The fraction of sp³-hybridized carbons (Fsp3) is 0.200. The highest BCUT2D eigenvalue weighted by Crippen LogP contribution is 2.13. The molecule has 0 aliphatic heterocycles. The van der Waals surface area contributed by atoms with E-state index in [9.17, 15) is 8.78 Å². The molecule has 0 aromatic heterocycles. The Morgan fingerprint density at radius 1 is 0.824 bits per heavy atom. The van der Waals surface area contributed by atoms with Crippen LogP contribution in [0.3, 0.4) is 0 Å². The van der Waals surface area contributed by atoms with Crippen molar-refractivity contribution in [1.82, 2.24) is 0 Å². The van der Waals surface area contributed by atoms with Crippen LogP contribution in [0.5, 0.6) is 0 Å². The summed E-state index contributed by atoms with van der Waals surface area (Å²) in [4.78, 5) is 0. The molecule has 0 aliphatic rings. The van der Waals surface area contributed by atoms with E-state index in [0.29, 0.717) is 0 Å². The third-order valence-corrected chi connectivity index (χ3v) is 2.90. The second kappa shape index (κ2) is 5.09. The predicted molar refractivity (Wildman–Crippen MR) is 64.9 cm³/mol. The maximum absolute atomic E-state index is 12.9. The fourth-order valence-corrected chi connectivity index (χ4v) is 1.87. The molecule has 2 aromatic carbocycles. The third kappa shape index (κ3) is 3.13. The van der Waals surface area contributed by atoms with Gasteiger partial charge < -0.3 is 0 Å². The van der Waals surface area contributed by atoms with Crippen molar-refractivity contribution in [2.45, 2.75) is 19.8 Å². The first kappa shape index (κ1) is 11.8. The summed E-state index contributed by atoms with van der Waals surface area (Å²) in [5.74, 6) is -0.417. The summed E-state index contributed by atoms with van der Waals surface area (Å²) in [5, 5.41) is 0. The molecule has 88 valence electrons. The zero-order valence-electron chi connectivity index (χ0n) is 9.71. The van der Waals surface area contributed by atoms with Crippen molar-refractivity contribution < 1.29 is 8.78 Å². The Labute approximate surface area is 99.9 Å². The van der Waals surface area contributed by atoms with Crippen molar-refractivity contribution >= 4 is 0 Å². The van der Waals surface area contributed by atoms with Crippen LogP contribution in [0.2, 0.25) is 0 Å². The average Bonchev–Trinajstić information content (AvgIpc) is 2.30. The lowest BCUT2D eigenvalue weighted by atomic mass is 10.0. The SMILES string of the molecule is Cc1cc(F)ccc1CCc1ccc(F)cc1. The molecule has 2 aromatic rings. The van der Waals surface area contributed by atoms with E-state index in [4.69, 9.17) is 0 Å². The van der Waals surface area contributed by atoms with Gasteiger partial charge in [-0.2, -0.15) is 0 Å². The summed E-state index contributed by atoms with van der Waals surface area (Å²) in [5.41, 5.74) is 3.19. The lowest BCUT2D eigenvalue weighted by Gasteiger charge is -2.06. The summed E-state index contributed by atoms with van der Waals surface area (Å²) in [6.07, 6.45) is 1.69. The van der Waals surface area contributed by atoms with E-state index >= 15 is 0 Å². The van der Waals surface area contributed by atoms with Crippen LogP contribution in [0, 0.1) is 18.6 Å². The molecule has 0 saturated heterocycles. The van der Waals surface area contributed by atoms with Crippen LogP contribution in [-0.4, -0.2) is 0 Å². The largest absolute Gasteiger partial charge is 0.207 e. The van der Waals surface area contributed by atoms with Crippen molar-refractivity contribution in [3.63, 3.8) is 0 Å². The number of halogens is 2. The third-order valence-electron chi connectivity index (χ3n) is 2.90. The van der Waals surface area contributed by atoms with Gasteiger partial charge in [-0.25, -0.2) is 8.78 Å². The van der Waals surface area contributed by atoms with E-state index in [2.05, 4.69) is 0 Å². The van der Waals surface area contributed by atoms with Crippen molar-refractivity contribution in [2.75, 3.05) is 0 Å². The van der Waals surface area contributed by atoms with Gasteiger partial charge in [-0.05, 0) is 60.7 Å². The molecule has 0 atom stereocenters. The van der Waals surface area contributed by atoms with Gasteiger partial charge in [-0.15, -0.1) is 0 Å². The molecule has 0 amide bonds. The van der Waals surface area contributed by atoms with Gasteiger partial charge in [0.15, 0.2) is 0 Å². The smallest absolute Gasteiger partial charge is 0.123 e. The lowest BCUT2D eigenvalue weighted by molar-refractivity contribution is 0.624. The van der Waals surface area contributed by atoms with E-state index in [1.165, 1.54) is 18.2 Å². The Kier molecular flexibility index (Phi) is 3.52. The van der Waals surface area contributed by atoms with Crippen LogP contribution in [0.1, 0.15) is 16.7 Å². The average molecular weight is 232 g/mol. The first-order valence-corrected chi connectivity index (χ1v) is 5.64. The highest BCUT2D eigenvalue weighted by molar-refractivity contribution is 5.28. The second-order valence-corrected chi connectivity index (χ2v) is 4.20. The van der Waals surface area contributed by atoms with E-state index in [1.54, 1.807) is 18.2 Å². The monoisotopic (exact) mass is 232 g/mol. The molecule has 0 heterocycles. The number of aryl methyl sites for hydroxylation is 3. The Balaban J connectivity index is 2.04. The van der Waals surface area contributed by atoms with Crippen molar-refractivity contribution in [1.29, 1.82) is 0 Å². The molecule has 0 N–H and O–H groups in total. The van der Waals surface area contributed by atoms with Gasteiger partial charge in [0.05, 0.1) is 0 Å². The van der Waals surface area contributed by atoms with Gasteiger partial charge in [0.1, 0.15) is 11.6 Å². The first-order chi connectivity index (χ1) is 8.15. The van der Waals surface area contributed by atoms with E-state index in [1.807, 2.05) is 13.0 Å². The number of hydrogen-bond acceptors (Lipinski definition) is 0. The molecule has 17 heavy (non-hydrogen) atoms. The highest BCUT2D eigenvalue weighted by Gasteiger charge is 2.01. The fourth-order valence-electron chi connectivity index (χ4n) is 1.87. The Morgan fingerprint density at radius 2 is 1.47 bits per heavy atom. The number of rotatable bonds is 3. The molecule has 2 heteroatoms. The summed E-state index contributed by atoms with van der Waals surface area (Å²) in [6, 6.07) is 11.3. The normalized spacial score (nSPS) is 10.5. The maximum Gasteiger partial charge on any atom is 0.123 e. The summed E-state index contributed by atoms with van der Waals surface area (Å²) >= 11 is 0. The van der Waals surface area contributed by atoms with Crippen molar-refractivity contribution in [3.8, 4) is 0 Å². The summed E-state index contributed by atoms with van der Waals surface area (Å²) in [6.45, 7) is 1.91. The van der Waals surface area contributed by atoms with E-state index in [0.717, 1.165) is 29.5 Å². The summed E-state index contributed by atoms with van der Waals surface area (Å²) in [7, 11) is 0. The molecule has 2 rings (SSSR count). The molecule has 0 fully saturated rings. The van der Waals surface area contributed by atoms with Crippen LogP contribution in [0.4, 0.5) is 8.78 Å². The van der Waals surface area contributed by atoms with Crippen LogP contribution >= 0.6 is 0 Å². The molecule has 0 aliphatic carbocycles. The second-order valence-electron chi connectivity index (χ2n) is 4.20. The molecular weight excluding hydrogens is 218 g/mol. The molecule has 0 saturated carbocycles. The number of benzene rings is 2. The maximum atomic E-state index is 12.9. The van der Waals surface area contributed by atoms with E-state index in [-0.39, 0.29) is 11.6 Å². The molecule has 0 unspecified atom stereocenters. The minimum Gasteiger partial charge on any atom is -0.207 e. The number of hydrogen-bond donors (Lipinski definition) is 0. The van der Waals surface area contributed by atoms with Crippen LogP contribution < -0.4 is 0 Å². The molecule has 0 spiro atoms. The van der Waals surface area contributed by atoms with Gasteiger partial charge in [0.25, 0.3) is 0 Å². The van der Waals surface area contributed by atoms with Gasteiger partial charge in [-0.3, -0.25) is 0 Å². The van der Waals surface area contributed by atoms with Gasteiger partial charge in [-0.1, -0.05) is 18.2 Å². The molecular formula is C15H14F2. The Bertz CT molecular complexity index is 501. The van der Waals surface area contributed by atoms with Crippen LogP contribution in [0.25, 0.3) is 0 Å². The van der Waals surface area contributed by atoms with Crippen LogP contribution in [0.15, 0.2) is 42.5 Å². The molecule has 0 radical (unpaired) electrons. The molecule has 0 bridgehead atoms. The van der Waals surface area contributed by atoms with Crippen molar-refractivity contribution in [2.24, 2.45) is 0 Å². The Hall–Kier alpha value is -1.70. The van der Waals surface area contributed by atoms with Crippen LogP contribution in [-0.2, 0) is 12.8 Å².